The smallest absolute Gasteiger partial charge is 0.262 e. The summed E-state index contributed by atoms with van der Waals surface area (Å²) in [6, 6.07) is 43.9. The number of nitrogens with one attached hydrogen (secondary N) is 1. The highest BCUT2D eigenvalue weighted by Gasteiger charge is 2.14. The molecule has 0 aliphatic heterocycles. The van der Waals surface area contributed by atoms with Crippen molar-refractivity contribution in [2.24, 2.45) is 0 Å². The number of anilines is 3. The van der Waals surface area contributed by atoms with Crippen LogP contribution in [-0.2, 0) is 11.3 Å². The van der Waals surface area contributed by atoms with Crippen LogP contribution in [0.4, 0.5) is 17.1 Å². The van der Waals surface area contributed by atoms with Gasteiger partial charge in [0.05, 0.1) is 12.2 Å². The quantitative estimate of drug-likeness (QED) is 0.154. The molecule has 0 aliphatic rings. The van der Waals surface area contributed by atoms with Crippen molar-refractivity contribution in [3.8, 4) is 17.4 Å². The second kappa shape index (κ2) is 12.1. The zero-order valence-electron chi connectivity index (χ0n) is 22.6. The van der Waals surface area contributed by atoms with Gasteiger partial charge in [0, 0.05) is 34.2 Å². The molecule has 2 aromatic heterocycles. The average molecular weight is 547 g/mol. The number of fused-ring (bicyclic) bond motifs is 1. The standard InChI is InChI=1S/C36H26N4O2/c37-24-29(36(41)39-25-30-9-7-8-20-38-30)21-26-14-15-28-23-35(42-34(28)22-26)27-16-18-33(19-17-27)40(31-10-3-1-4-11-31)32-12-5-2-6-13-32/h1-23H,25H2,(H,39,41)/b29-21+. The Balaban J connectivity index is 1.23. The van der Waals surface area contributed by atoms with E-state index >= 15 is 0 Å². The fourth-order valence-corrected chi connectivity index (χ4v) is 4.74. The van der Waals surface area contributed by atoms with Crippen molar-refractivity contribution in [2.75, 3.05) is 4.90 Å². The Labute approximate surface area is 243 Å². The minimum atomic E-state index is -0.455. The number of nitrogens with zero attached hydrogens (tertiary/aromatic N) is 3. The largest absolute Gasteiger partial charge is 0.456 e. The van der Waals surface area contributed by atoms with Crippen LogP contribution in [0.2, 0.25) is 0 Å². The number of hydrogen-bond acceptors (Lipinski definition) is 5. The van der Waals surface area contributed by atoms with Gasteiger partial charge in [-0.2, -0.15) is 5.26 Å². The lowest BCUT2D eigenvalue weighted by atomic mass is 10.1. The molecule has 6 heteroatoms. The zero-order valence-corrected chi connectivity index (χ0v) is 22.6. The lowest BCUT2D eigenvalue weighted by Crippen LogP contribution is -2.24. The minimum Gasteiger partial charge on any atom is -0.456 e. The van der Waals surface area contributed by atoms with Crippen LogP contribution in [-0.4, -0.2) is 10.9 Å². The molecule has 0 bridgehead atoms. The maximum atomic E-state index is 12.6. The van der Waals surface area contributed by atoms with E-state index in [1.165, 1.54) is 0 Å². The molecule has 0 saturated heterocycles. The fraction of sp³-hybridized carbons (Fsp3) is 0.0278. The third kappa shape index (κ3) is 5.81. The van der Waals surface area contributed by atoms with Gasteiger partial charge in [-0.05, 0) is 84.4 Å². The summed E-state index contributed by atoms with van der Waals surface area (Å²) < 4.78 is 6.21. The highest BCUT2D eigenvalue weighted by atomic mass is 16.3. The van der Waals surface area contributed by atoms with Crippen LogP contribution in [0.25, 0.3) is 28.4 Å². The van der Waals surface area contributed by atoms with Gasteiger partial charge < -0.3 is 14.6 Å². The third-order valence-corrected chi connectivity index (χ3v) is 6.82. The molecule has 0 aliphatic carbocycles. The summed E-state index contributed by atoms with van der Waals surface area (Å²) in [4.78, 5) is 19.0. The monoisotopic (exact) mass is 546 g/mol. The summed E-state index contributed by atoms with van der Waals surface area (Å²) in [5.74, 6) is 0.279. The van der Waals surface area contributed by atoms with E-state index in [4.69, 9.17) is 4.42 Å². The van der Waals surface area contributed by atoms with Gasteiger partial charge in [-0.1, -0.05) is 54.6 Å². The van der Waals surface area contributed by atoms with Gasteiger partial charge in [-0.25, -0.2) is 0 Å². The average Bonchev–Trinajstić information content (AvgIpc) is 3.48. The Kier molecular flexibility index (Phi) is 7.56. The van der Waals surface area contributed by atoms with Gasteiger partial charge in [0.15, 0.2) is 0 Å². The highest BCUT2D eigenvalue weighted by molar-refractivity contribution is 6.02. The molecule has 2 heterocycles. The van der Waals surface area contributed by atoms with E-state index < -0.39 is 5.91 Å². The number of rotatable bonds is 8. The summed E-state index contributed by atoms with van der Waals surface area (Å²) in [7, 11) is 0. The number of carbonyl (C=O) groups is 1. The molecule has 0 fully saturated rings. The number of carbonyl (C=O) groups excluding carboxylic acids is 1. The van der Waals surface area contributed by atoms with Gasteiger partial charge >= 0.3 is 0 Å². The number of furan rings is 1. The van der Waals surface area contributed by atoms with Crippen molar-refractivity contribution < 1.29 is 9.21 Å². The van der Waals surface area contributed by atoms with E-state index in [0.717, 1.165) is 33.8 Å². The predicted octanol–water partition coefficient (Wildman–Crippen LogP) is 8.19. The van der Waals surface area contributed by atoms with Gasteiger partial charge in [0.1, 0.15) is 23.0 Å². The zero-order chi connectivity index (χ0) is 28.7. The van der Waals surface area contributed by atoms with Crippen molar-refractivity contribution in [1.29, 1.82) is 5.26 Å². The van der Waals surface area contributed by atoms with Crippen LogP contribution in [0.1, 0.15) is 11.3 Å². The van der Waals surface area contributed by atoms with Crippen LogP contribution in [0.15, 0.2) is 144 Å². The molecule has 4 aromatic carbocycles. The van der Waals surface area contributed by atoms with E-state index in [2.05, 4.69) is 51.6 Å². The molecule has 202 valence electrons. The second-order valence-electron chi connectivity index (χ2n) is 9.63. The lowest BCUT2D eigenvalue weighted by Gasteiger charge is -2.25. The number of nitriles is 1. The van der Waals surface area contributed by atoms with Crippen molar-refractivity contribution in [3.05, 3.63) is 150 Å². The summed E-state index contributed by atoms with van der Waals surface area (Å²) in [5, 5.41) is 13.3. The van der Waals surface area contributed by atoms with Crippen molar-refractivity contribution in [1.82, 2.24) is 10.3 Å². The van der Waals surface area contributed by atoms with Crippen molar-refractivity contribution in [2.45, 2.75) is 6.54 Å². The fourth-order valence-electron chi connectivity index (χ4n) is 4.74. The van der Waals surface area contributed by atoms with Crippen LogP contribution in [0.3, 0.4) is 0 Å². The number of aromatic nitrogens is 1. The number of amides is 1. The SMILES string of the molecule is N#C/C(=C\c1ccc2cc(-c3ccc(N(c4ccccc4)c4ccccc4)cc3)oc2c1)C(=O)NCc1ccccn1. The van der Waals surface area contributed by atoms with Gasteiger partial charge in [0.2, 0.25) is 0 Å². The van der Waals surface area contributed by atoms with Crippen LogP contribution >= 0.6 is 0 Å². The molecular weight excluding hydrogens is 520 g/mol. The molecule has 6 nitrogen and oxygen atoms in total. The van der Waals surface area contributed by atoms with Crippen LogP contribution in [0, 0.1) is 11.3 Å². The molecule has 1 amide bonds. The predicted molar refractivity (Wildman–Crippen MR) is 166 cm³/mol. The topological polar surface area (TPSA) is 82.2 Å². The van der Waals surface area contributed by atoms with Gasteiger partial charge in [-0.15, -0.1) is 0 Å². The third-order valence-electron chi connectivity index (χ3n) is 6.82. The van der Waals surface area contributed by atoms with Crippen LogP contribution < -0.4 is 10.2 Å². The molecule has 0 atom stereocenters. The molecule has 1 N–H and O–H groups in total. The number of para-hydroxylation sites is 2. The molecule has 0 saturated carbocycles. The van der Waals surface area contributed by atoms with Crippen LogP contribution in [0.5, 0.6) is 0 Å². The molecular formula is C36H26N4O2. The summed E-state index contributed by atoms with van der Waals surface area (Å²) in [6.45, 7) is 0.243. The number of hydrogen-bond donors (Lipinski definition) is 1. The second-order valence-corrected chi connectivity index (χ2v) is 9.63. The van der Waals surface area contributed by atoms with Gasteiger partial charge in [0.25, 0.3) is 5.91 Å². The molecule has 0 unspecified atom stereocenters. The first-order chi connectivity index (χ1) is 20.7. The minimum absolute atomic E-state index is 0.00837. The Hall–Kier alpha value is -5.93. The normalized spacial score (nSPS) is 11.2. The van der Waals surface area contributed by atoms with E-state index in [1.54, 1.807) is 12.3 Å². The Morgan fingerprint density at radius 3 is 2.12 bits per heavy atom. The summed E-state index contributed by atoms with van der Waals surface area (Å²) >= 11 is 0. The summed E-state index contributed by atoms with van der Waals surface area (Å²) in [6.07, 6.45) is 3.22. The Morgan fingerprint density at radius 2 is 1.48 bits per heavy atom. The number of benzene rings is 4. The summed E-state index contributed by atoms with van der Waals surface area (Å²) in [5.41, 5.74) is 6.21. The molecule has 6 rings (SSSR count). The molecule has 0 spiro atoms. The highest BCUT2D eigenvalue weighted by Crippen LogP contribution is 2.36. The lowest BCUT2D eigenvalue weighted by molar-refractivity contribution is -0.117. The van der Waals surface area contributed by atoms with E-state index in [1.807, 2.05) is 97.1 Å². The molecule has 6 aromatic rings. The van der Waals surface area contributed by atoms with Gasteiger partial charge in [-0.3, -0.25) is 9.78 Å². The van der Waals surface area contributed by atoms with E-state index in [0.29, 0.717) is 16.8 Å². The van der Waals surface area contributed by atoms with Crippen molar-refractivity contribution >= 4 is 40.0 Å². The molecule has 42 heavy (non-hydrogen) atoms. The first kappa shape index (κ1) is 26.3. The van der Waals surface area contributed by atoms with E-state index in [-0.39, 0.29) is 12.1 Å². The Bertz CT molecular complexity index is 1850. The first-order valence-corrected chi connectivity index (χ1v) is 13.5. The maximum absolute atomic E-state index is 12.6. The number of pyridine rings is 1. The molecule has 0 radical (unpaired) electrons. The van der Waals surface area contributed by atoms with Crippen molar-refractivity contribution in [3.63, 3.8) is 0 Å². The van der Waals surface area contributed by atoms with E-state index in [9.17, 15) is 10.1 Å². The Morgan fingerprint density at radius 1 is 0.810 bits per heavy atom. The maximum Gasteiger partial charge on any atom is 0.262 e. The first-order valence-electron chi connectivity index (χ1n) is 13.5.